The third-order valence-electron chi connectivity index (χ3n) is 2.65. The molecule has 0 bridgehead atoms. The van der Waals surface area contributed by atoms with E-state index in [1.165, 1.54) is 6.07 Å². The topological polar surface area (TPSA) is 60.9 Å². The van der Waals surface area contributed by atoms with E-state index in [-0.39, 0.29) is 11.6 Å². The molecule has 0 atom stereocenters. The molecule has 1 heterocycles. The Kier molecular flexibility index (Phi) is 3.14. The average Bonchev–Trinajstić information content (AvgIpc) is 2.77. The number of halogens is 1. The van der Waals surface area contributed by atoms with E-state index in [0.717, 1.165) is 11.6 Å². The minimum absolute atomic E-state index is 0.155. The highest BCUT2D eigenvalue weighted by Crippen LogP contribution is 2.22. The molecule has 2 N–H and O–H groups in total. The molecule has 1 aromatic heterocycles. The van der Waals surface area contributed by atoms with Crippen LogP contribution in [0.5, 0.6) is 0 Å². The van der Waals surface area contributed by atoms with Crippen LogP contribution in [-0.4, -0.2) is 15.7 Å². The van der Waals surface area contributed by atoms with E-state index in [4.69, 9.17) is 5.73 Å². The molecule has 0 aliphatic carbocycles. The van der Waals surface area contributed by atoms with Crippen LogP contribution in [0.2, 0.25) is 0 Å². The molecule has 1 aromatic carbocycles. The van der Waals surface area contributed by atoms with Gasteiger partial charge in [-0.2, -0.15) is 5.10 Å². The fourth-order valence-corrected chi connectivity index (χ4v) is 1.67. The zero-order valence-corrected chi connectivity index (χ0v) is 10.2. The van der Waals surface area contributed by atoms with Crippen molar-refractivity contribution >= 4 is 5.91 Å². The molecule has 0 aliphatic heterocycles. The highest BCUT2D eigenvalue weighted by molar-refractivity contribution is 5.94. The van der Waals surface area contributed by atoms with Crippen LogP contribution in [0.4, 0.5) is 4.39 Å². The Bertz CT molecular complexity index is 590. The summed E-state index contributed by atoms with van der Waals surface area (Å²) < 4.78 is 15.2. The number of hydrogen-bond donors (Lipinski definition) is 1. The lowest BCUT2D eigenvalue weighted by Crippen LogP contribution is -2.11. The average molecular weight is 247 g/mol. The Morgan fingerprint density at radius 3 is 2.61 bits per heavy atom. The molecule has 1 amide bonds. The standard InChI is InChI=1S/C13H14FN3O/c1-8(2)17-7-11(6-16-17)9-3-10(13(15)18)5-12(14)4-9/h3-8H,1-2H3,(H2,15,18). The molecule has 2 aromatic rings. The molecule has 0 radical (unpaired) electrons. The van der Waals surface area contributed by atoms with Gasteiger partial charge >= 0.3 is 0 Å². The highest BCUT2D eigenvalue weighted by Gasteiger charge is 2.09. The highest BCUT2D eigenvalue weighted by atomic mass is 19.1. The number of rotatable bonds is 3. The van der Waals surface area contributed by atoms with Crippen molar-refractivity contribution in [3.63, 3.8) is 0 Å². The van der Waals surface area contributed by atoms with Crippen molar-refractivity contribution in [2.24, 2.45) is 5.73 Å². The second kappa shape index (κ2) is 4.60. The second-order valence-electron chi connectivity index (χ2n) is 4.40. The largest absolute Gasteiger partial charge is 0.366 e. The molecular weight excluding hydrogens is 233 g/mol. The summed E-state index contributed by atoms with van der Waals surface area (Å²) in [5.74, 6) is -1.13. The minimum atomic E-state index is -0.646. The first-order valence-corrected chi connectivity index (χ1v) is 5.62. The van der Waals surface area contributed by atoms with Crippen molar-refractivity contribution in [2.75, 3.05) is 0 Å². The van der Waals surface area contributed by atoms with Crippen molar-refractivity contribution in [3.8, 4) is 11.1 Å². The predicted molar refractivity (Wildman–Crippen MR) is 66.5 cm³/mol. The fraction of sp³-hybridized carbons (Fsp3) is 0.231. The molecule has 2 rings (SSSR count). The molecule has 0 spiro atoms. The number of carbonyl (C=O) groups is 1. The van der Waals surface area contributed by atoms with Crippen LogP contribution in [0.15, 0.2) is 30.6 Å². The molecule has 0 unspecified atom stereocenters. The van der Waals surface area contributed by atoms with Gasteiger partial charge in [0.1, 0.15) is 5.82 Å². The van der Waals surface area contributed by atoms with E-state index >= 15 is 0 Å². The molecule has 0 fully saturated rings. The summed E-state index contributed by atoms with van der Waals surface area (Å²) in [7, 11) is 0. The Labute approximate surface area is 104 Å². The normalized spacial score (nSPS) is 10.9. The maximum atomic E-state index is 13.4. The van der Waals surface area contributed by atoms with E-state index in [1.54, 1.807) is 16.9 Å². The summed E-state index contributed by atoms with van der Waals surface area (Å²) in [6.45, 7) is 3.99. The van der Waals surface area contributed by atoms with Gasteiger partial charge in [-0.05, 0) is 37.6 Å². The smallest absolute Gasteiger partial charge is 0.248 e. The van der Waals surface area contributed by atoms with E-state index in [9.17, 15) is 9.18 Å². The summed E-state index contributed by atoms with van der Waals surface area (Å²) in [4.78, 5) is 11.1. The number of hydrogen-bond acceptors (Lipinski definition) is 2. The lowest BCUT2D eigenvalue weighted by Gasteiger charge is -2.04. The number of nitrogens with zero attached hydrogens (tertiary/aromatic N) is 2. The molecule has 0 aliphatic rings. The van der Waals surface area contributed by atoms with Gasteiger partial charge in [-0.3, -0.25) is 9.48 Å². The van der Waals surface area contributed by atoms with Crippen LogP contribution in [-0.2, 0) is 0 Å². The summed E-state index contributed by atoms with van der Waals surface area (Å²) in [6, 6.07) is 4.27. The van der Waals surface area contributed by atoms with Gasteiger partial charge < -0.3 is 5.73 Å². The monoisotopic (exact) mass is 247 g/mol. The molecule has 0 saturated carbocycles. The molecular formula is C13H14FN3O. The molecule has 4 nitrogen and oxygen atoms in total. The Morgan fingerprint density at radius 1 is 1.33 bits per heavy atom. The first-order valence-electron chi connectivity index (χ1n) is 5.62. The Balaban J connectivity index is 2.46. The van der Waals surface area contributed by atoms with Gasteiger partial charge in [0.25, 0.3) is 0 Å². The lowest BCUT2D eigenvalue weighted by molar-refractivity contribution is 0.1000. The van der Waals surface area contributed by atoms with Gasteiger partial charge in [0.2, 0.25) is 5.91 Å². The summed E-state index contributed by atoms with van der Waals surface area (Å²) >= 11 is 0. The summed E-state index contributed by atoms with van der Waals surface area (Å²) in [6.07, 6.45) is 3.45. The summed E-state index contributed by atoms with van der Waals surface area (Å²) in [5, 5.41) is 4.17. The molecule has 0 saturated heterocycles. The van der Waals surface area contributed by atoms with E-state index in [2.05, 4.69) is 5.10 Å². The van der Waals surface area contributed by atoms with E-state index < -0.39 is 11.7 Å². The van der Waals surface area contributed by atoms with Crippen molar-refractivity contribution in [2.45, 2.75) is 19.9 Å². The number of amides is 1. The predicted octanol–water partition coefficient (Wildman–Crippen LogP) is 2.37. The number of aromatic nitrogens is 2. The number of carbonyl (C=O) groups excluding carboxylic acids is 1. The SMILES string of the molecule is CC(C)n1cc(-c2cc(F)cc(C(N)=O)c2)cn1. The number of benzene rings is 1. The van der Waals surface area contributed by atoms with Gasteiger partial charge in [0.15, 0.2) is 0 Å². The quantitative estimate of drug-likeness (QED) is 0.905. The van der Waals surface area contributed by atoms with Crippen molar-refractivity contribution in [1.82, 2.24) is 9.78 Å². The second-order valence-corrected chi connectivity index (χ2v) is 4.40. The molecule has 94 valence electrons. The first kappa shape index (κ1) is 12.3. The van der Waals surface area contributed by atoms with Gasteiger partial charge in [-0.15, -0.1) is 0 Å². The third-order valence-corrected chi connectivity index (χ3v) is 2.65. The van der Waals surface area contributed by atoms with Gasteiger partial charge in [-0.25, -0.2) is 4.39 Å². The van der Waals surface area contributed by atoms with E-state index in [1.807, 2.05) is 20.0 Å². The number of nitrogens with two attached hydrogens (primary N) is 1. The fourth-order valence-electron chi connectivity index (χ4n) is 1.67. The van der Waals surface area contributed by atoms with Crippen LogP contribution in [0.3, 0.4) is 0 Å². The van der Waals surface area contributed by atoms with Gasteiger partial charge in [0.05, 0.1) is 6.20 Å². The van der Waals surface area contributed by atoms with Crippen molar-refractivity contribution in [1.29, 1.82) is 0 Å². The maximum Gasteiger partial charge on any atom is 0.248 e. The van der Waals surface area contributed by atoms with Crippen LogP contribution in [0.25, 0.3) is 11.1 Å². The summed E-state index contributed by atoms with van der Waals surface area (Å²) in [5.41, 5.74) is 6.66. The third kappa shape index (κ3) is 2.40. The molecule has 18 heavy (non-hydrogen) atoms. The zero-order chi connectivity index (χ0) is 13.3. The lowest BCUT2D eigenvalue weighted by atomic mass is 10.1. The van der Waals surface area contributed by atoms with Crippen LogP contribution < -0.4 is 5.73 Å². The maximum absolute atomic E-state index is 13.4. The minimum Gasteiger partial charge on any atom is -0.366 e. The Morgan fingerprint density at radius 2 is 2.06 bits per heavy atom. The van der Waals surface area contributed by atoms with Crippen LogP contribution in [0.1, 0.15) is 30.2 Å². The van der Waals surface area contributed by atoms with Gasteiger partial charge in [-0.1, -0.05) is 0 Å². The number of primary amides is 1. The van der Waals surface area contributed by atoms with E-state index in [0.29, 0.717) is 5.56 Å². The van der Waals surface area contributed by atoms with Gasteiger partial charge in [0, 0.05) is 23.4 Å². The molecule has 5 heteroatoms. The Hall–Kier alpha value is -2.17. The van der Waals surface area contributed by atoms with Crippen LogP contribution in [0, 0.1) is 5.82 Å². The van der Waals surface area contributed by atoms with Crippen molar-refractivity contribution < 1.29 is 9.18 Å². The van der Waals surface area contributed by atoms with Crippen LogP contribution >= 0.6 is 0 Å². The first-order chi connectivity index (χ1) is 8.47. The zero-order valence-electron chi connectivity index (χ0n) is 10.2. The van der Waals surface area contributed by atoms with Crippen molar-refractivity contribution in [3.05, 3.63) is 42.0 Å².